The number of amides is 1. The predicted molar refractivity (Wildman–Crippen MR) is 67.9 cm³/mol. The Kier molecular flexibility index (Phi) is 2.94. The van der Waals surface area contributed by atoms with Crippen molar-refractivity contribution in [1.82, 2.24) is 15.0 Å². The summed E-state index contributed by atoms with van der Waals surface area (Å²) in [5.41, 5.74) is 1.77. The van der Waals surface area contributed by atoms with Gasteiger partial charge in [-0.15, -0.1) is 0 Å². The Bertz CT molecular complexity index is 623. The summed E-state index contributed by atoms with van der Waals surface area (Å²) < 4.78 is 10.5. The first-order valence-corrected chi connectivity index (χ1v) is 6.28. The lowest BCUT2D eigenvalue weighted by molar-refractivity contribution is -0.0124. The second-order valence-corrected chi connectivity index (χ2v) is 4.78. The topological polar surface area (TPSA) is 68.5 Å². The molecule has 0 radical (unpaired) electrons. The van der Waals surface area contributed by atoms with Crippen LogP contribution in [0.1, 0.15) is 23.0 Å². The van der Waals surface area contributed by atoms with Crippen molar-refractivity contribution in [2.45, 2.75) is 20.0 Å². The maximum atomic E-state index is 12.4. The van der Waals surface area contributed by atoms with Gasteiger partial charge in [-0.25, -0.2) is 4.98 Å². The number of carbonyl (C=O) groups excluding carboxylic acids is 1. The second-order valence-electron chi connectivity index (χ2n) is 4.78. The molecule has 100 valence electrons. The molecule has 3 heterocycles. The third-order valence-electron chi connectivity index (χ3n) is 3.29. The number of morpholine rings is 1. The molecule has 6 heteroatoms. The molecule has 1 aliphatic heterocycles. The highest BCUT2D eigenvalue weighted by Gasteiger charge is 2.23. The molecule has 0 saturated carbocycles. The maximum Gasteiger partial charge on any atom is 0.257 e. The van der Waals surface area contributed by atoms with Crippen molar-refractivity contribution in [3.8, 4) is 0 Å². The lowest BCUT2D eigenvalue weighted by Crippen LogP contribution is -2.44. The molecule has 0 aromatic carbocycles. The number of nitrogens with zero attached hydrogens (tertiary/aromatic N) is 3. The Balaban J connectivity index is 1.90. The van der Waals surface area contributed by atoms with Crippen molar-refractivity contribution >= 4 is 17.0 Å². The molecule has 0 N–H and O–H groups in total. The zero-order chi connectivity index (χ0) is 13.4. The molecule has 1 fully saturated rings. The number of fused-ring (bicyclic) bond motifs is 1. The molecule has 0 bridgehead atoms. The van der Waals surface area contributed by atoms with Crippen molar-refractivity contribution in [1.29, 1.82) is 0 Å². The normalized spacial score (nSPS) is 19.9. The van der Waals surface area contributed by atoms with Gasteiger partial charge in [0.05, 0.1) is 29.4 Å². The first-order valence-electron chi connectivity index (χ1n) is 6.28. The van der Waals surface area contributed by atoms with E-state index in [1.807, 2.05) is 13.8 Å². The maximum absolute atomic E-state index is 12.4. The molecular weight excluding hydrogens is 246 g/mol. The highest BCUT2D eigenvalue weighted by molar-refractivity contribution is 5.97. The molecule has 0 spiro atoms. The Hall–Kier alpha value is -1.95. The first-order chi connectivity index (χ1) is 9.15. The van der Waals surface area contributed by atoms with Crippen LogP contribution in [0.15, 0.2) is 16.8 Å². The fourth-order valence-electron chi connectivity index (χ4n) is 2.25. The minimum atomic E-state index is -0.0230. The van der Waals surface area contributed by atoms with Crippen molar-refractivity contribution in [2.24, 2.45) is 0 Å². The number of hydrogen-bond acceptors (Lipinski definition) is 5. The highest BCUT2D eigenvalue weighted by atomic mass is 16.5. The minimum Gasteiger partial charge on any atom is -0.375 e. The van der Waals surface area contributed by atoms with Gasteiger partial charge >= 0.3 is 0 Å². The van der Waals surface area contributed by atoms with Crippen molar-refractivity contribution < 1.29 is 14.1 Å². The number of aryl methyl sites for hydroxylation is 1. The summed E-state index contributed by atoms with van der Waals surface area (Å²) in [6, 6.07) is 1.79. The van der Waals surface area contributed by atoms with Crippen LogP contribution in [0, 0.1) is 6.92 Å². The average molecular weight is 261 g/mol. The molecule has 0 aliphatic carbocycles. The zero-order valence-corrected chi connectivity index (χ0v) is 10.9. The second kappa shape index (κ2) is 4.62. The van der Waals surface area contributed by atoms with Gasteiger partial charge in [0.2, 0.25) is 0 Å². The molecule has 1 atom stereocenters. The Morgan fingerprint density at radius 1 is 1.53 bits per heavy atom. The van der Waals surface area contributed by atoms with E-state index < -0.39 is 0 Å². The third kappa shape index (κ3) is 2.19. The van der Waals surface area contributed by atoms with Gasteiger partial charge in [-0.05, 0) is 19.9 Å². The molecule has 2 aromatic heterocycles. The average Bonchev–Trinajstić information content (AvgIpc) is 2.79. The number of hydrogen-bond donors (Lipinski definition) is 0. The lowest BCUT2D eigenvalue weighted by Gasteiger charge is -2.31. The minimum absolute atomic E-state index is 0.0230. The molecule has 1 saturated heterocycles. The fraction of sp³-hybridized carbons (Fsp3) is 0.462. The number of rotatable bonds is 1. The Morgan fingerprint density at radius 2 is 2.37 bits per heavy atom. The number of aromatic nitrogens is 2. The SMILES string of the molecule is Cc1noc2ncc(C(=O)N3CCOC(C)C3)cc12. The number of pyridine rings is 1. The zero-order valence-electron chi connectivity index (χ0n) is 10.9. The van der Waals surface area contributed by atoms with E-state index in [4.69, 9.17) is 9.26 Å². The lowest BCUT2D eigenvalue weighted by atomic mass is 10.1. The Morgan fingerprint density at radius 3 is 3.16 bits per heavy atom. The smallest absolute Gasteiger partial charge is 0.257 e. The van der Waals surface area contributed by atoms with Crippen LogP contribution in [0.25, 0.3) is 11.1 Å². The van der Waals surface area contributed by atoms with Gasteiger partial charge in [-0.1, -0.05) is 5.16 Å². The summed E-state index contributed by atoms with van der Waals surface area (Å²) in [6.45, 7) is 5.60. The van der Waals surface area contributed by atoms with Crippen LogP contribution >= 0.6 is 0 Å². The molecule has 3 rings (SSSR count). The molecular formula is C13H15N3O3. The predicted octanol–water partition coefficient (Wildman–Crippen LogP) is 1.39. The van der Waals surface area contributed by atoms with Crippen molar-refractivity contribution in [3.05, 3.63) is 23.5 Å². The molecule has 1 unspecified atom stereocenters. The van der Waals surface area contributed by atoms with Gasteiger partial charge in [-0.2, -0.15) is 0 Å². The summed E-state index contributed by atoms with van der Waals surface area (Å²) in [6.07, 6.45) is 1.61. The van der Waals surface area contributed by atoms with E-state index in [0.717, 1.165) is 11.1 Å². The monoisotopic (exact) mass is 261 g/mol. The standard InChI is InChI=1S/C13H15N3O3/c1-8-7-16(3-4-18-8)13(17)10-5-11-9(2)15-19-12(11)14-6-10/h5-6,8H,3-4,7H2,1-2H3. The van der Waals surface area contributed by atoms with E-state index in [-0.39, 0.29) is 12.0 Å². The number of ether oxygens (including phenoxy) is 1. The number of carbonyl (C=O) groups is 1. The van der Waals surface area contributed by atoms with Crippen molar-refractivity contribution in [3.63, 3.8) is 0 Å². The quantitative estimate of drug-likeness (QED) is 0.776. The van der Waals surface area contributed by atoms with Crippen LogP contribution in [-0.4, -0.2) is 46.7 Å². The van der Waals surface area contributed by atoms with Gasteiger partial charge in [0.15, 0.2) is 0 Å². The van der Waals surface area contributed by atoms with Gasteiger partial charge < -0.3 is 14.2 Å². The van der Waals surface area contributed by atoms with Crippen LogP contribution in [0.3, 0.4) is 0 Å². The molecule has 19 heavy (non-hydrogen) atoms. The first kappa shape index (κ1) is 12.1. The van der Waals surface area contributed by atoms with Crippen LogP contribution in [0.2, 0.25) is 0 Å². The van der Waals surface area contributed by atoms with Crippen molar-refractivity contribution in [2.75, 3.05) is 19.7 Å². The molecule has 1 aliphatic rings. The summed E-state index contributed by atoms with van der Waals surface area (Å²) >= 11 is 0. The summed E-state index contributed by atoms with van der Waals surface area (Å²) in [4.78, 5) is 18.3. The van der Waals surface area contributed by atoms with Crippen LogP contribution < -0.4 is 0 Å². The largest absolute Gasteiger partial charge is 0.375 e. The van der Waals surface area contributed by atoms with E-state index in [1.54, 1.807) is 11.0 Å². The van der Waals surface area contributed by atoms with Crippen LogP contribution in [0.4, 0.5) is 0 Å². The molecule has 2 aromatic rings. The van der Waals surface area contributed by atoms with E-state index >= 15 is 0 Å². The van der Waals surface area contributed by atoms with Gasteiger partial charge in [0.1, 0.15) is 0 Å². The van der Waals surface area contributed by atoms with Gasteiger partial charge in [0, 0.05) is 19.3 Å². The summed E-state index contributed by atoms with van der Waals surface area (Å²) in [7, 11) is 0. The fourth-order valence-corrected chi connectivity index (χ4v) is 2.25. The van der Waals surface area contributed by atoms with Gasteiger partial charge in [-0.3, -0.25) is 4.79 Å². The molecule has 6 nitrogen and oxygen atoms in total. The van der Waals surface area contributed by atoms with Crippen LogP contribution in [-0.2, 0) is 4.74 Å². The summed E-state index contributed by atoms with van der Waals surface area (Å²) in [5.74, 6) is -0.0230. The molecule has 1 amide bonds. The van der Waals surface area contributed by atoms with E-state index in [2.05, 4.69) is 10.1 Å². The third-order valence-corrected chi connectivity index (χ3v) is 3.29. The van der Waals surface area contributed by atoms with Gasteiger partial charge in [0.25, 0.3) is 11.6 Å². The Labute approximate surface area is 110 Å². The summed E-state index contributed by atoms with van der Waals surface area (Å²) in [5, 5.41) is 4.62. The van der Waals surface area contributed by atoms with E-state index in [1.165, 1.54) is 6.20 Å². The van der Waals surface area contributed by atoms with E-state index in [0.29, 0.717) is 31.0 Å². The highest BCUT2D eigenvalue weighted by Crippen LogP contribution is 2.18. The van der Waals surface area contributed by atoms with E-state index in [9.17, 15) is 4.79 Å². The van der Waals surface area contributed by atoms with Crippen LogP contribution in [0.5, 0.6) is 0 Å².